The van der Waals surface area contributed by atoms with Gasteiger partial charge in [-0.1, -0.05) is 12.1 Å². The van der Waals surface area contributed by atoms with Crippen molar-refractivity contribution in [2.75, 3.05) is 44.3 Å². The number of hydrogen-bond acceptors (Lipinski definition) is 6. The number of esters is 1. The molecule has 0 aromatic heterocycles. The van der Waals surface area contributed by atoms with E-state index in [0.29, 0.717) is 24.5 Å². The molecule has 0 saturated carbocycles. The lowest BCUT2D eigenvalue weighted by Crippen LogP contribution is -2.43. The van der Waals surface area contributed by atoms with Crippen LogP contribution in [0, 0.1) is 0 Å². The van der Waals surface area contributed by atoms with Gasteiger partial charge in [-0.3, -0.25) is 24.1 Å². The second kappa shape index (κ2) is 10.3. The van der Waals surface area contributed by atoms with Crippen LogP contribution >= 0.6 is 0 Å². The predicted molar refractivity (Wildman–Crippen MR) is 101 cm³/mol. The fraction of sp³-hybridized carbons (Fsp3) is 0.474. The zero-order valence-electron chi connectivity index (χ0n) is 16.1. The smallest absolute Gasteiger partial charge is 0.326 e. The van der Waals surface area contributed by atoms with Crippen molar-refractivity contribution in [2.45, 2.75) is 20.3 Å². The number of para-hydroxylation sites is 2. The molecule has 0 atom stereocenters. The monoisotopic (exact) mass is 391 g/mol. The number of carbonyl (C=O) groups is 4. The van der Waals surface area contributed by atoms with Crippen molar-refractivity contribution in [3.05, 3.63) is 24.3 Å². The van der Waals surface area contributed by atoms with Crippen molar-refractivity contribution in [3.8, 4) is 5.75 Å². The summed E-state index contributed by atoms with van der Waals surface area (Å²) in [6, 6.07) is 6.92. The van der Waals surface area contributed by atoms with Crippen LogP contribution in [0.1, 0.15) is 20.3 Å². The summed E-state index contributed by atoms with van der Waals surface area (Å²) in [6.45, 7) is 3.59. The Balaban J connectivity index is 1.93. The minimum absolute atomic E-state index is 0.101. The van der Waals surface area contributed by atoms with Gasteiger partial charge in [0.2, 0.25) is 11.8 Å². The standard InChI is InChI=1S/C19H25N3O6/c1-3-20-16(23)11-21(4-2)18(25)13-28-19(26)12-22-14-7-5-6-8-15(14)27-10-9-17(22)24/h5-8H,3-4,9-13H2,1-2H3,(H,20,23). The molecule has 0 bridgehead atoms. The van der Waals surface area contributed by atoms with Crippen molar-refractivity contribution in [2.24, 2.45) is 0 Å². The van der Waals surface area contributed by atoms with E-state index in [1.807, 2.05) is 0 Å². The van der Waals surface area contributed by atoms with E-state index in [0.717, 1.165) is 0 Å². The van der Waals surface area contributed by atoms with Gasteiger partial charge in [0, 0.05) is 13.1 Å². The summed E-state index contributed by atoms with van der Waals surface area (Å²) in [6.07, 6.45) is 0.136. The highest BCUT2D eigenvalue weighted by molar-refractivity contribution is 5.99. The molecule has 0 radical (unpaired) electrons. The van der Waals surface area contributed by atoms with Crippen molar-refractivity contribution < 1.29 is 28.7 Å². The second-order valence-electron chi connectivity index (χ2n) is 6.07. The minimum atomic E-state index is -0.715. The van der Waals surface area contributed by atoms with Crippen LogP contribution in [0.15, 0.2) is 24.3 Å². The minimum Gasteiger partial charge on any atom is -0.491 e. The van der Waals surface area contributed by atoms with E-state index in [1.165, 1.54) is 9.80 Å². The van der Waals surface area contributed by atoms with Crippen molar-refractivity contribution in [1.29, 1.82) is 0 Å². The number of ether oxygens (including phenoxy) is 2. The summed E-state index contributed by atoms with van der Waals surface area (Å²) in [5.74, 6) is -1.23. The molecule has 2 rings (SSSR count). The molecule has 1 aromatic rings. The van der Waals surface area contributed by atoms with Gasteiger partial charge in [-0.25, -0.2) is 0 Å². The molecule has 0 spiro atoms. The number of nitrogens with zero attached hydrogens (tertiary/aromatic N) is 2. The molecule has 0 unspecified atom stereocenters. The van der Waals surface area contributed by atoms with Gasteiger partial charge in [-0.05, 0) is 26.0 Å². The van der Waals surface area contributed by atoms with Crippen LogP contribution in [0.3, 0.4) is 0 Å². The van der Waals surface area contributed by atoms with E-state index < -0.39 is 18.5 Å². The highest BCUT2D eigenvalue weighted by Gasteiger charge is 2.26. The van der Waals surface area contributed by atoms with Gasteiger partial charge in [0.05, 0.1) is 25.3 Å². The first kappa shape index (κ1) is 21.2. The van der Waals surface area contributed by atoms with Crippen molar-refractivity contribution >= 4 is 29.4 Å². The van der Waals surface area contributed by atoms with Crippen LogP contribution in [0.5, 0.6) is 5.75 Å². The summed E-state index contributed by atoms with van der Waals surface area (Å²) in [4.78, 5) is 50.9. The van der Waals surface area contributed by atoms with Crippen LogP contribution in [0.25, 0.3) is 0 Å². The molecule has 9 nitrogen and oxygen atoms in total. The lowest BCUT2D eigenvalue weighted by Gasteiger charge is -2.22. The third kappa shape index (κ3) is 5.70. The normalized spacial score (nSPS) is 13.1. The molecular weight excluding hydrogens is 366 g/mol. The largest absolute Gasteiger partial charge is 0.491 e. The molecule has 9 heteroatoms. The number of rotatable bonds is 8. The quantitative estimate of drug-likeness (QED) is 0.641. The first-order valence-electron chi connectivity index (χ1n) is 9.18. The highest BCUT2D eigenvalue weighted by Crippen LogP contribution is 2.30. The molecule has 0 saturated heterocycles. The van der Waals surface area contributed by atoms with Gasteiger partial charge in [0.25, 0.3) is 5.91 Å². The molecule has 1 aliphatic rings. The molecule has 0 fully saturated rings. The number of likely N-dealkylation sites (N-methyl/N-ethyl adjacent to an activating group) is 2. The first-order valence-corrected chi connectivity index (χ1v) is 9.18. The molecule has 1 heterocycles. The number of benzene rings is 1. The van der Waals surface area contributed by atoms with Gasteiger partial charge in [-0.2, -0.15) is 0 Å². The third-order valence-corrected chi connectivity index (χ3v) is 4.12. The summed E-state index contributed by atoms with van der Waals surface area (Å²) >= 11 is 0. The van der Waals surface area contributed by atoms with Crippen LogP contribution in [0.4, 0.5) is 5.69 Å². The first-order chi connectivity index (χ1) is 13.5. The van der Waals surface area contributed by atoms with Crippen molar-refractivity contribution in [1.82, 2.24) is 10.2 Å². The number of anilines is 1. The third-order valence-electron chi connectivity index (χ3n) is 4.12. The Kier molecular flexibility index (Phi) is 7.79. The number of carbonyl (C=O) groups excluding carboxylic acids is 4. The Morgan fingerprint density at radius 2 is 2.00 bits per heavy atom. The summed E-state index contributed by atoms with van der Waals surface area (Å²) in [5, 5.41) is 2.61. The fourth-order valence-corrected chi connectivity index (χ4v) is 2.70. The summed E-state index contributed by atoms with van der Waals surface area (Å²) in [5.41, 5.74) is 0.486. The van der Waals surface area contributed by atoms with Crippen LogP contribution in [0.2, 0.25) is 0 Å². The number of amides is 3. The van der Waals surface area contributed by atoms with Gasteiger partial charge in [-0.15, -0.1) is 0 Å². The molecule has 1 aromatic carbocycles. The van der Waals surface area contributed by atoms with E-state index >= 15 is 0 Å². The molecule has 152 valence electrons. The maximum atomic E-state index is 12.3. The molecule has 1 N–H and O–H groups in total. The van der Waals surface area contributed by atoms with E-state index in [4.69, 9.17) is 9.47 Å². The van der Waals surface area contributed by atoms with Gasteiger partial charge in [0.15, 0.2) is 6.61 Å². The highest BCUT2D eigenvalue weighted by atomic mass is 16.5. The number of fused-ring (bicyclic) bond motifs is 1. The lowest BCUT2D eigenvalue weighted by molar-refractivity contribution is -0.151. The molecule has 0 aliphatic carbocycles. The van der Waals surface area contributed by atoms with Gasteiger partial charge < -0.3 is 19.7 Å². The SMILES string of the molecule is CCNC(=O)CN(CC)C(=O)COC(=O)CN1C(=O)CCOc2ccccc21. The maximum Gasteiger partial charge on any atom is 0.326 e. The van der Waals surface area contributed by atoms with Gasteiger partial charge >= 0.3 is 5.97 Å². The zero-order chi connectivity index (χ0) is 20.5. The topological polar surface area (TPSA) is 105 Å². The van der Waals surface area contributed by atoms with E-state index in [2.05, 4.69) is 5.32 Å². The molecule has 3 amide bonds. The average molecular weight is 391 g/mol. The molecule has 28 heavy (non-hydrogen) atoms. The Labute approximate surface area is 163 Å². The van der Waals surface area contributed by atoms with Crippen LogP contribution in [-0.2, 0) is 23.9 Å². The number of nitrogens with one attached hydrogen (secondary N) is 1. The Bertz CT molecular complexity index is 736. The fourth-order valence-electron chi connectivity index (χ4n) is 2.70. The van der Waals surface area contributed by atoms with E-state index in [1.54, 1.807) is 38.1 Å². The average Bonchev–Trinajstić information content (AvgIpc) is 2.83. The summed E-state index contributed by atoms with van der Waals surface area (Å²) in [7, 11) is 0. The Morgan fingerprint density at radius 1 is 1.25 bits per heavy atom. The number of hydrogen-bond donors (Lipinski definition) is 1. The van der Waals surface area contributed by atoms with Crippen LogP contribution < -0.4 is 15.0 Å². The molecule has 1 aliphatic heterocycles. The van der Waals surface area contributed by atoms with E-state index in [-0.39, 0.29) is 37.9 Å². The van der Waals surface area contributed by atoms with Crippen LogP contribution in [-0.4, -0.2) is 68.0 Å². The summed E-state index contributed by atoms with van der Waals surface area (Å²) < 4.78 is 10.6. The molecular formula is C19H25N3O6. The van der Waals surface area contributed by atoms with Crippen molar-refractivity contribution in [3.63, 3.8) is 0 Å². The Morgan fingerprint density at radius 3 is 2.71 bits per heavy atom. The second-order valence-corrected chi connectivity index (χ2v) is 6.07. The zero-order valence-corrected chi connectivity index (χ0v) is 16.1. The lowest BCUT2D eigenvalue weighted by atomic mass is 10.2. The Hall–Kier alpha value is -3.10. The predicted octanol–water partition coefficient (Wildman–Crippen LogP) is 0.330. The maximum absolute atomic E-state index is 12.3. The van der Waals surface area contributed by atoms with Gasteiger partial charge in [0.1, 0.15) is 12.3 Å². The van der Waals surface area contributed by atoms with E-state index in [9.17, 15) is 19.2 Å².